The molecule has 0 radical (unpaired) electrons. The Hall–Kier alpha value is -1.81. The molecule has 21 heavy (non-hydrogen) atoms. The molecule has 0 unspecified atom stereocenters. The van der Waals surface area contributed by atoms with E-state index in [1.54, 1.807) is 6.20 Å². The standard InChI is InChI=1S/C17H25N3O/c1-13(2)18-9-15-7-5-6-8-16(15)12-21-17-10-19-20(11-17)14(3)4/h5-8,10-11,13-14,18H,9,12H2,1-4H3. The molecule has 0 spiro atoms. The molecule has 0 aliphatic heterocycles. The second-order valence-corrected chi connectivity index (χ2v) is 5.84. The molecule has 114 valence electrons. The third kappa shape index (κ3) is 4.60. The minimum atomic E-state index is 0.352. The molecule has 2 rings (SSSR count). The maximum atomic E-state index is 5.86. The molecule has 0 amide bonds. The van der Waals surface area contributed by atoms with Crippen molar-refractivity contribution in [3.63, 3.8) is 0 Å². The van der Waals surface area contributed by atoms with Crippen molar-refractivity contribution in [2.45, 2.75) is 52.9 Å². The van der Waals surface area contributed by atoms with Gasteiger partial charge in [0.1, 0.15) is 6.61 Å². The average Bonchev–Trinajstić information content (AvgIpc) is 2.93. The quantitative estimate of drug-likeness (QED) is 0.846. The van der Waals surface area contributed by atoms with Crippen LogP contribution in [0.2, 0.25) is 0 Å². The van der Waals surface area contributed by atoms with Gasteiger partial charge >= 0.3 is 0 Å². The van der Waals surface area contributed by atoms with Gasteiger partial charge < -0.3 is 10.1 Å². The van der Waals surface area contributed by atoms with Gasteiger partial charge in [0.2, 0.25) is 0 Å². The lowest BCUT2D eigenvalue weighted by Gasteiger charge is -2.13. The number of ether oxygens (including phenoxy) is 1. The number of rotatable bonds is 7. The van der Waals surface area contributed by atoms with Gasteiger partial charge in [-0.2, -0.15) is 5.10 Å². The Morgan fingerprint density at radius 2 is 1.86 bits per heavy atom. The number of benzene rings is 1. The molecule has 4 heteroatoms. The largest absolute Gasteiger partial charge is 0.486 e. The second-order valence-electron chi connectivity index (χ2n) is 5.84. The van der Waals surface area contributed by atoms with E-state index in [9.17, 15) is 0 Å². The first-order chi connectivity index (χ1) is 10.1. The van der Waals surface area contributed by atoms with Gasteiger partial charge in [0.15, 0.2) is 5.75 Å². The molecule has 0 fully saturated rings. The Bertz CT molecular complexity index is 561. The van der Waals surface area contributed by atoms with Gasteiger partial charge in [0.25, 0.3) is 0 Å². The third-order valence-corrected chi connectivity index (χ3v) is 3.32. The van der Waals surface area contributed by atoms with Crippen LogP contribution in [0, 0.1) is 0 Å². The van der Waals surface area contributed by atoms with Crippen molar-refractivity contribution in [2.75, 3.05) is 0 Å². The summed E-state index contributed by atoms with van der Waals surface area (Å²) in [4.78, 5) is 0. The summed E-state index contributed by atoms with van der Waals surface area (Å²) < 4.78 is 7.76. The molecule has 0 aliphatic carbocycles. The van der Waals surface area contributed by atoms with Gasteiger partial charge in [-0.15, -0.1) is 0 Å². The predicted molar refractivity (Wildman–Crippen MR) is 85.4 cm³/mol. The van der Waals surface area contributed by atoms with Crippen molar-refractivity contribution in [2.24, 2.45) is 0 Å². The molecule has 1 heterocycles. The van der Waals surface area contributed by atoms with Crippen LogP contribution < -0.4 is 10.1 Å². The number of aromatic nitrogens is 2. The zero-order valence-electron chi connectivity index (χ0n) is 13.3. The van der Waals surface area contributed by atoms with E-state index in [1.807, 2.05) is 10.9 Å². The molecule has 4 nitrogen and oxygen atoms in total. The van der Waals surface area contributed by atoms with Crippen LogP contribution in [-0.2, 0) is 13.2 Å². The normalized spacial score (nSPS) is 11.3. The van der Waals surface area contributed by atoms with Gasteiger partial charge in [0.05, 0.1) is 12.4 Å². The maximum absolute atomic E-state index is 5.86. The van der Waals surface area contributed by atoms with Gasteiger partial charge in [-0.3, -0.25) is 4.68 Å². The van der Waals surface area contributed by atoms with Crippen LogP contribution in [-0.4, -0.2) is 15.8 Å². The van der Waals surface area contributed by atoms with Crippen LogP contribution >= 0.6 is 0 Å². The first kappa shape index (κ1) is 15.6. The van der Waals surface area contributed by atoms with Gasteiger partial charge in [-0.25, -0.2) is 0 Å². The molecule has 0 atom stereocenters. The minimum absolute atomic E-state index is 0.352. The Morgan fingerprint density at radius 1 is 1.14 bits per heavy atom. The fourth-order valence-corrected chi connectivity index (χ4v) is 2.02. The van der Waals surface area contributed by atoms with Gasteiger partial charge in [0, 0.05) is 18.6 Å². The fourth-order valence-electron chi connectivity index (χ4n) is 2.02. The molecule has 0 saturated heterocycles. The Labute approximate surface area is 127 Å². The van der Waals surface area contributed by atoms with E-state index in [0.29, 0.717) is 18.7 Å². The topological polar surface area (TPSA) is 39.1 Å². The van der Waals surface area contributed by atoms with Crippen LogP contribution in [0.5, 0.6) is 5.75 Å². The fraction of sp³-hybridized carbons (Fsp3) is 0.471. The van der Waals surface area contributed by atoms with E-state index in [0.717, 1.165) is 12.3 Å². The highest BCUT2D eigenvalue weighted by Gasteiger charge is 2.06. The second kappa shape index (κ2) is 7.27. The number of nitrogens with zero attached hydrogens (tertiary/aromatic N) is 2. The van der Waals surface area contributed by atoms with E-state index in [1.165, 1.54) is 11.1 Å². The van der Waals surface area contributed by atoms with Crippen LogP contribution in [0.25, 0.3) is 0 Å². The number of hydrogen-bond donors (Lipinski definition) is 1. The van der Waals surface area contributed by atoms with E-state index >= 15 is 0 Å². The smallest absolute Gasteiger partial charge is 0.157 e. The highest BCUT2D eigenvalue weighted by Crippen LogP contribution is 2.16. The van der Waals surface area contributed by atoms with Crippen LogP contribution in [0.3, 0.4) is 0 Å². The van der Waals surface area contributed by atoms with E-state index in [-0.39, 0.29) is 0 Å². The summed E-state index contributed by atoms with van der Waals surface area (Å²) >= 11 is 0. The first-order valence-electron chi connectivity index (χ1n) is 7.53. The molecule has 1 N–H and O–H groups in total. The summed E-state index contributed by atoms with van der Waals surface area (Å²) in [6.07, 6.45) is 3.72. The maximum Gasteiger partial charge on any atom is 0.157 e. The van der Waals surface area contributed by atoms with Crippen molar-refractivity contribution in [1.82, 2.24) is 15.1 Å². The van der Waals surface area contributed by atoms with Crippen LogP contribution in [0.15, 0.2) is 36.7 Å². The lowest BCUT2D eigenvalue weighted by atomic mass is 10.1. The van der Waals surface area contributed by atoms with Crippen LogP contribution in [0.1, 0.15) is 44.9 Å². The lowest BCUT2D eigenvalue weighted by molar-refractivity contribution is 0.303. The van der Waals surface area contributed by atoms with E-state index in [4.69, 9.17) is 4.74 Å². The summed E-state index contributed by atoms with van der Waals surface area (Å²) in [6.45, 7) is 9.94. The molecule has 1 aromatic heterocycles. The molecule has 0 aliphatic rings. The summed E-state index contributed by atoms with van der Waals surface area (Å²) in [5.74, 6) is 0.815. The highest BCUT2D eigenvalue weighted by atomic mass is 16.5. The van der Waals surface area contributed by atoms with Crippen LogP contribution in [0.4, 0.5) is 0 Å². The van der Waals surface area contributed by atoms with E-state index in [2.05, 4.69) is 62.4 Å². The minimum Gasteiger partial charge on any atom is -0.486 e. The summed E-state index contributed by atoms with van der Waals surface area (Å²) in [7, 11) is 0. The molecular weight excluding hydrogens is 262 g/mol. The van der Waals surface area contributed by atoms with Gasteiger partial charge in [-0.1, -0.05) is 38.1 Å². The van der Waals surface area contributed by atoms with Gasteiger partial charge in [-0.05, 0) is 25.0 Å². The molecule has 2 aromatic rings. The van der Waals surface area contributed by atoms with Crippen molar-refractivity contribution < 1.29 is 4.74 Å². The third-order valence-electron chi connectivity index (χ3n) is 3.32. The monoisotopic (exact) mass is 287 g/mol. The molecule has 0 bridgehead atoms. The highest BCUT2D eigenvalue weighted by molar-refractivity contribution is 5.27. The Balaban J connectivity index is 1.98. The van der Waals surface area contributed by atoms with Crippen molar-refractivity contribution in [3.05, 3.63) is 47.8 Å². The Morgan fingerprint density at radius 3 is 2.48 bits per heavy atom. The average molecular weight is 287 g/mol. The summed E-state index contributed by atoms with van der Waals surface area (Å²) in [5, 5.41) is 7.74. The van der Waals surface area contributed by atoms with Crippen molar-refractivity contribution in [3.8, 4) is 5.75 Å². The lowest BCUT2D eigenvalue weighted by Crippen LogP contribution is -2.22. The number of nitrogens with one attached hydrogen (secondary N) is 1. The molecule has 1 aromatic carbocycles. The van der Waals surface area contributed by atoms with Crippen molar-refractivity contribution in [1.29, 1.82) is 0 Å². The zero-order valence-corrected chi connectivity index (χ0v) is 13.3. The zero-order chi connectivity index (χ0) is 15.2. The molecule has 0 saturated carbocycles. The summed E-state index contributed by atoms with van der Waals surface area (Å²) in [6, 6.07) is 9.20. The Kier molecular flexibility index (Phi) is 5.39. The summed E-state index contributed by atoms with van der Waals surface area (Å²) in [5.41, 5.74) is 2.49. The van der Waals surface area contributed by atoms with E-state index < -0.39 is 0 Å². The SMILES string of the molecule is CC(C)NCc1ccccc1COc1cnn(C(C)C)c1. The molecular formula is C17H25N3O. The first-order valence-corrected chi connectivity index (χ1v) is 7.53. The predicted octanol–water partition coefficient (Wildman–Crippen LogP) is 3.54. The number of hydrogen-bond acceptors (Lipinski definition) is 3. The van der Waals surface area contributed by atoms with Crippen molar-refractivity contribution >= 4 is 0 Å².